The first-order valence-electron chi connectivity index (χ1n) is 22.4. The molecule has 16 heteroatoms. The molecule has 68 heavy (non-hydrogen) atoms. The molecular formula is C52H54F4N10O2. The normalized spacial score (nSPS) is 12.1. The Labute approximate surface area is 391 Å². The number of rotatable bonds is 18. The van der Waals surface area contributed by atoms with E-state index in [1.807, 2.05) is 88.0 Å². The molecule has 0 aliphatic heterocycles. The monoisotopic (exact) mass is 926 g/mol. The first-order valence-corrected chi connectivity index (χ1v) is 22.4. The summed E-state index contributed by atoms with van der Waals surface area (Å²) in [5.41, 5.74) is 30.3. The molecule has 8 rings (SSSR count). The van der Waals surface area contributed by atoms with Crippen molar-refractivity contribution in [3.05, 3.63) is 180 Å². The molecule has 0 saturated heterocycles. The van der Waals surface area contributed by atoms with Crippen LogP contribution in [-0.2, 0) is 13.1 Å². The minimum atomic E-state index is -0.918. The molecule has 2 heterocycles. The predicted octanol–water partition coefficient (Wildman–Crippen LogP) is 7.65. The zero-order valence-corrected chi connectivity index (χ0v) is 37.4. The number of carbonyl (C=O) groups is 2. The number of hydrogen-bond acceptors (Lipinski definition) is 8. The van der Waals surface area contributed by atoms with Gasteiger partial charge in [0.25, 0.3) is 11.8 Å². The smallest absolute Gasteiger partial charge is 0.287 e. The van der Waals surface area contributed by atoms with E-state index in [-0.39, 0.29) is 35.5 Å². The van der Waals surface area contributed by atoms with Crippen molar-refractivity contribution in [3.63, 3.8) is 0 Å². The number of nitrogens with one attached hydrogen (secondary N) is 2. The van der Waals surface area contributed by atoms with Gasteiger partial charge in [-0.3, -0.25) is 9.59 Å². The molecule has 0 fully saturated rings. The topological polar surface area (TPSA) is 198 Å². The zero-order chi connectivity index (χ0) is 48.2. The number of amides is 2. The second-order valence-corrected chi connectivity index (χ2v) is 16.5. The first kappa shape index (κ1) is 48.7. The summed E-state index contributed by atoms with van der Waals surface area (Å²) in [6.07, 6.45) is 3.01. The third-order valence-corrected chi connectivity index (χ3v) is 11.4. The molecule has 0 saturated carbocycles. The number of halogens is 4. The van der Waals surface area contributed by atoms with E-state index < -0.39 is 23.3 Å². The minimum Gasteiger partial charge on any atom is -0.348 e. The highest BCUT2D eigenvalue weighted by Gasteiger charge is 2.21. The molecule has 2 amide bonds. The number of carbonyl (C=O) groups excluding carboxylic acids is 2. The van der Waals surface area contributed by atoms with Crippen molar-refractivity contribution in [1.29, 1.82) is 0 Å². The fourth-order valence-electron chi connectivity index (χ4n) is 7.73. The van der Waals surface area contributed by atoms with E-state index in [9.17, 15) is 27.2 Å². The van der Waals surface area contributed by atoms with Gasteiger partial charge in [-0.2, -0.15) is 0 Å². The Morgan fingerprint density at radius 1 is 0.500 bits per heavy atom. The van der Waals surface area contributed by atoms with E-state index in [2.05, 4.69) is 20.6 Å². The van der Waals surface area contributed by atoms with Crippen LogP contribution in [0.5, 0.6) is 0 Å². The van der Waals surface area contributed by atoms with E-state index in [1.54, 1.807) is 18.2 Å². The van der Waals surface area contributed by atoms with Gasteiger partial charge in [-0.15, -0.1) is 0 Å². The van der Waals surface area contributed by atoms with Crippen molar-refractivity contribution < 1.29 is 27.2 Å². The van der Waals surface area contributed by atoms with E-state index in [1.165, 1.54) is 12.1 Å². The molecule has 0 aliphatic rings. The van der Waals surface area contributed by atoms with E-state index in [0.717, 1.165) is 66.6 Å². The van der Waals surface area contributed by atoms with Crippen molar-refractivity contribution in [2.24, 2.45) is 22.9 Å². The number of hydrogen-bond donors (Lipinski definition) is 6. The Balaban J connectivity index is 0.000000201. The summed E-state index contributed by atoms with van der Waals surface area (Å²) in [5, 5.41) is 5.75. The molecule has 0 radical (unpaired) electrons. The number of benzene rings is 6. The minimum absolute atomic E-state index is 0.195. The summed E-state index contributed by atoms with van der Waals surface area (Å²) in [7, 11) is 0. The standard InChI is InChI=1S/2C26H27F2N5O/c27-21-10-8-18(13-22(21)28)19-9-11-24-23(14-19)32-25(26(34)31-15-20(30)7-4-12-29)33(24)16-17-5-2-1-3-6-17;27-21-10-8-18(13-22(21)28)19-9-11-23-24(14-19)33(16-17-5-2-1-3-6-17)25(32-23)26(34)31-15-20(30)7-4-12-29/h2*1-3,5-6,8-11,13-14,20H,4,7,12,15-16,29-30H2,(H,31,34)/t2*20-/m00/s1. The van der Waals surface area contributed by atoms with Crippen LogP contribution in [-0.4, -0.2) is 69.2 Å². The van der Waals surface area contributed by atoms with Crippen LogP contribution >= 0.6 is 0 Å². The Morgan fingerprint density at radius 2 is 0.926 bits per heavy atom. The Morgan fingerprint density at radius 3 is 1.41 bits per heavy atom. The van der Waals surface area contributed by atoms with Crippen LogP contribution in [0.1, 0.15) is 58.0 Å². The van der Waals surface area contributed by atoms with Gasteiger partial charge in [0.05, 0.1) is 22.1 Å². The zero-order valence-electron chi connectivity index (χ0n) is 37.4. The van der Waals surface area contributed by atoms with Crippen molar-refractivity contribution in [1.82, 2.24) is 29.7 Å². The van der Waals surface area contributed by atoms with E-state index in [0.29, 0.717) is 78.1 Å². The molecule has 2 aromatic heterocycles. The fourth-order valence-corrected chi connectivity index (χ4v) is 7.73. The van der Waals surface area contributed by atoms with E-state index >= 15 is 0 Å². The van der Waals surface area contributed by atoms with Gasteiger partial charge in [0.1, 0.15) is 0 Å². The number of aromatic nitrogens is 4. The van der Waals surface area contributed by atoms with Gasteiger partial charge >= 0.3 is 0 Å². The maximum absolute atomic E-state index is 13.8. The van der Waals surface area contributed by atoms with Crippen molar-refractivity contribution in [2.45, 2.75) is 50.9 Å². The SMILES string of the molecule is NCCC[C@H](N)CNC(=O)c1nc2cc(-c3ccc(F)c(F)c3)ccc2n1Cc1ccccc1.NCCC[C@H](N)CNC(=O)c1nc2ccc(-c3ccc(F)c(F)c3)cc2n1Cc1ccccc1. The second-order valence-electron chi connectivity index (χ2n) is 16.5. The van der Waals surface area contributed by atoms with Gasteiger partial charge in [-0.1, -0.05) is 84.9 Å². The molecule has 10 N–H and O–H groups in total. The van der Waals surface area contributed by atoms with Gasteiger partial charge in [0, 0.05) is 38.3 Å². The Hall–Kier alpha value is -7.24. The predicted molar refractivity (Wildman–Crippen MR) is 258 cm³/mol. The average molecular weight is 927 g/mol. The molecule has 8 aromatic rings. The molecule has 2 atom stereocenters. The van der Waals surface area contributed by atoms with Gasteiger partial charge < -0.3 is 42.7 Å². The van der Waals surface area contributed by atoms with Gasteiger partial charge in [-0.05, 0) is 121 Å². The van der Waals surface area contributed by atoms with Gasteiger partial charge in [-0.25, -0.2) is 27.5 Å². The van der Waals surface area contributed by atoms with Gasteiger partial charge in [0.2, 0.25) is 0 Å². The molecule has 0 spiro atoms. The van der Waals surface area contributed by atoms with Crippen LogP contribution < -0.4 is 33.6 Å². The lowest BCUT2D eigenvalue weighted by molar-refractivity contribution is 0.0929. The second kappa shape index (κ2) is 23.0. The lowest BCUT2D eigenvalue weighted by Gasteiger charge is -2.13. The third kappa shape index (κ3) is 12.2. The van der Waals surface area contributed by atoms with Crippen LogP contribution in [0, 0.1) is 23.3 Å². The van der Waals surface area contributed by atoms with Crippen LogP contribution in [0.2, 0.25) is 0 Å². The fraction of sp³-hybridized carbons (Fsp3) is 0.231. The summed E-state index contributed by atoms with van der Waals surface area (Å²) >= 11 is 0. The van der Waals surface area contributed by atoms with E-state index in [4.69, 9.17) is 22.9 Å². The highest BCUT2D eigenvalue weighted by atomic mass is 19.2. The average Bonchev–Trinajstić information content (AvgIpc) is 3.90. The molecular weight excluding hydrogens is 873 g/mol. The number of nitrogens with zero attached hydrogens (tertiary/aromatic N) is 4. The molecule has 0 aliphatic carbocycles. The molecule has 352 valence electrons. The number of nitrogens with two attached hydrogens (primary N) is 4. The van der Waals surface area contributed by atoms with Crippen molar-refractivity contribution in [2.75, 3.05) is 26.2 Å². The summed E-state index contributed by atoms with van der Waals surface area (Å²) in [6.45, 7) is 2.59. The Bertz CT molecular complexity index is 2950. The van der Waals surface area contributed by atoms with Crippen LogP contribution in [0.25, 0.3) is 44.3 Å². The highest BCUT2D eigenvalue weighted by molar-refractivity contribution is 5.97. The molecule has 12 nitrogen and oxygen atoms in total. The maximum atomic E-state index is 13.8. The number of imidazole rings is 2. The van der Waals surface area contributed by atoms with Crippen LogP contribution in [0.4, 0.5) is 17.6 Å². The summed E-state index contributed by atoms with van der Waals surface area (Å²) in [4.78, 5) is 35.3. The van der Waals surface area contributed by atoms with Crippen molar-refractivity contribution in [3.8, 4) is 22.3 Å². The quantitative estimate of drug-likeness (QED) is 0.0472. The highest BCUT2D eigenvalue weighted by Crippen LogP contribution is 2.29. The summed E-state index contributed by atoms with van der Waals surface area (Å²) in [5.74, 6) is -3.78. The van der Waals surface area contributed by atoms with Crippen LogP contribution in [0.3, 0.4) is 0 Å². The van der Waals surface area contributed by atoms with Gasteiger partial charge in [0.15, 0.2) is 34.9 Å². The molecule has 0 unspecified atom stereocenters. The largest absolute Gasteiger partial charge is 0.348 e. The lowest BCUT2D eigenvalue weighted by atomic mass is 10.0. The lowest BCUT2D eigenvalue weighted by Crippen LogP contribution is -2.38. The molecule has 6 aromatic carbocycles. The van der Waals surface area contributed by atoms with Crippen LogP contribution in [0.15, 0.2) is 133 Å². The third-order valence-electron chi connectivity index (χ3n) is 11.4. The Kier molecular flexibility index (Phi) is 16.5. The summed E-state index contributed by atoms with van der Waals surface area (Å²) in [6, 6.07) is 37.4. The first-order chi connectivity index (χ1) is 32.9. The number of fused-ring (bicyclic) bond motifs is 2. The summed E-state index contributed by atoms with van der Waals surface area (Å²) < 4.78 is 58.0. The van der Waals surface area contributed by atoms with Crippen molar-refractivity contribution >= 4 is 33.9 Å². The maximum Gasteiger partial charge on any atom is 0.287 e. The molecule has 0 bridgehead atoms.